The minimum absolute atomic E-state index is 0.0759. The van der Waals surface area contributed by atoms with E-state index in [1.807, 2.05) is 24.4 Å². The number of hydrogen-bond donors (Lipinski definition) is 1. The van der Waals surface area contributed by atoms with Crippen molar-refractivity contribution in [3.63, 3.8) is 0 Å². The number of halogens is 2. The van der Waals surface area contributed by atoms with Crippen LogP contribution in [0.2, 0.25) is 0 Å². The van der Waals surface area contributed by atoms with E-state index in [1.54, 1.807) is 12.0 Å². The molecular weight excluding hydrogens is 350 g/mol. The fraction of sp³-hybridized carbons (Fsp3) is 0.286. The molecule has 0 aliphatic heterocycles. The zero-order valence-corrected chi connectivity index (χ0v) is 15.0. The van der Waals surface area contributed by atoms with Gasteiger partial charge in [-0.2, -0.15) is 0 Å². The lowest BCUT2D eigenvalue weighted by atomic mass is 10.1. The first-order valence-electron chi connectivity index (χ1n) is 8.93. The Balaban J connectivity index is 1.58. The summed E-state index contributed by atoms with van der Waals surface area (Å²) in [6, 6.07) is 9.27. The molecule has 0 saturated heterocycles. The molecule has 1 N–H and O–H groups in total. The third-order valence-electron chi connectivity index (χ3n) is 4.97. The van der Waals surface area contributed by atoms with Gasteiger partial charge in [-0.3, -0.25) is 4.79 Å². The van der Waals surface area contributed by atoms with Crippen molar-refractivity contribution in [2.24, 2.45) is 0 Å². The van der Waals surface area contributed by atoms with Gasteiger partial charge in [0.05, 0.1) is 13.5 Å². The van der Waals surface area contributed by atoms with Crippen LogP contribution in [0.25, 0.3) is 10.9 Å². The second-order valence-corrected chi connectivity index (χ2v) is 6.86. The van der Waals surface area contributed by atoms with Gasteiger partial charge < -0.3 is 14.6 Å². The molecule has 1 saturated carbocycles. The monoisotopic (exact) mass is 370 g/mol. The van der Waals surface area contributed by atoms with Crippen LogP contribution in [0.15, 0.2) is 42.6 Å². The van der Waals surface area contributed by atoms with Crippen molar-refractivity contribution in [3.05, 3.63) is 65.4 Å². The predicted molar refractivity (Wildman–Crippen MR) is 98.5 cm³/mol. The standard InChI is InChI=1S/C21H20F2N2O2/c1-27-19-4-2-3-18-21(19)14(11-24-18)9-20(26)25(16-7-8-16)12-13-5-6-15(22)10-17(13)23/h2-6,10-11,16,24H,7-9,12H2,1H3. The number of amides is 1. The van der Waals surface area contributed by atoms with Crippen LogP contribution in [0.4, 0.5) is 8.78 Å². The van der Waals surface area contributed by atoms with Crippen LogP contribution in [-0.2, 0) is 17.8 Å². The number of nitrogens with one attached hydrogen (secondary N) is 1. The number of hydrogen-bond acceptors (Lipinski definition) is 2. The number of fused-ring (bicyclic) bond motifs is 1. The Morgan fingerprint density at radius 3 is 2.74 bits per heavy atom. The molecule has 1 heterocycles. The van der Waals surface area contributed by atoms with Crippen molar-refractivity contribution in [1.82, 2.24) is 9.88 Å². The van der Waals surface area contributed by atoms with Gasteiger partial charge in [-0.1, -0.05) is 12.1 Å². The fourth-order valence-corrected chi connectivity index (χ4v) is 3.43. The number of ether oxygens (including phenoxy) is 1. The second kappa shape index (κ2) is 7.02. The molecule has 6 heteroatoms. The Labute approximate surface area is 155 Å². The number of H-pyrrole nitrogens is 1. The molecule has 1 aliphatic rings. The highest BCUT2D eigenvalue weighted by atomic mass is 19.1. The summed E-state index contributed by atoms with van der Waals surface area (Å²) < 4.78 is 32.6. The number of carbonyl (C=O) groups is 1. The van der Waals surface area contributed by atoms with Gasteiger partial charge in [0.15, 0.2) is 0 Å². The van der Waals surface area contributed by atoms with E-state index >= 15 is 0 Å². The molecule has 0 bridgehead atoms. The number of carbonyl (C=O) groups excluding carboxylic acids is 1. The number of aromatic amines is 1. The highest BCUT2D eigenvalue weighted by molar-refractivity contribution is 5.93. The molecule has 0 unspecified atom stereocenters. The van der Waals surface area contributed by atoms with Gasteiger partial charge in [-0.05, 0) is 36.6 Å². The van der Waals surface area contributed by atoms with E-state index < -0.39 is 11.6 Å². The fourth-order valence-electron chi connectivity index (χ4n) is 3.43. The maximum Gasteiger partial charge on any atom is 0.227 e. The summed E-state index contributed by atoms with van der Waals surface area (Å²) in [4.78, 5) is 17.9. The highest BCUT2D eigenvalue weighted by Crippen LogP contribution is 2.32. The second-order valence-electron chi connectivity index (χ2n) is 6.86. The Morgan fingerprint density at radius 1 is 1.22 bits per heavy atom. The Morgan fingerprint density at radius 2 is 2.04 bits per heavy atom. The van der Waals surface area contributed by atoms with Gasteiger partial charge in [0.2, 0.25) is 5.91 Å². The molecule has 0 spiro atoms. The highest BCUT2D eigenvalue weighted by Gasteiger charge is 2.33. The summed E-state index contributed by atoms with van der Waals surface area (Å²) in [6.45, 7) is 0.148. The Kier molecular flexibility index (Phi) is 4.56. The summed E-state index contributed by atoms with van der Waals surface area (Å²) in [6.07, 6.45) is 3.83. The molecule has 1 amide bonds. The van der Waals surface area contributed by atoms with E-state index in [9.17, 15) is 13.6 Å². The minimum atomic E-state index is -0.623. The Bertz CT molecular complexity index is 995. The van der Waals surface area contributed by atoms with E-state index in [0.29, 0.717) is 11.3 Å². The summed E-state index contributed by atoms with van der Waals surface area (Å²) in [5.74, 6) is -0.610. The number of rotatable bonds is 6. The van der Waals surface area contributed by atoms with E-state index in [4.69, 9.17) is 4.74 Å². The Hall–Kier alpha value is -2.89. The molecule has 3 aromatic rings. The van der Waals surface area contributed by atoms with Crippen LogP contribution in [0.3, 0.4) is 0 Å². The third-order valence-corrected chi connectivity index (χ3v) is 4.97. The molecule has 2 aromatic carbocycles. The van der Waals surface area contributed by atoms with Crippen LogP contribution >= 0.6 is 0 Å². The summed E-state index contributed by atoms with van der Waals surface area (Å²) in [7, 11) is 1.60. The van der Waals surface area contributed by atoms with E-state index in [-0.39, 0.29) is 24.9 Å². The van der Waals surface area contributed by atoms with Crippen LogP contribution in [-0.4, -0.2) is 28.9 Å². The van der Waals surface area contributed by atoms with E-state index in [2.05, 4.69) is 4.98 Å². The van der Waals surface area contributed by atoms with Crippen molar-refractivity contribution >= 4 is 16.8 Å². The smallest absolute Gasteiger partial charge is 0.227 e. The number of benzene rings is 2. The molecule has 1 aliphatic carbocycles. The first-order chi connectivity index (χ1) is 13.1. The number of nitrogens with zero attached hydrogens (tertiary/aromatic N) is 1. The molecule has 4 rings (SSSR count). The molecule has 0 atom stereocenters. The van der Waals surface area contributed by atoms with Crippen molar-refractivity contribution in [1.29, 1.82) is 0 Å². The molecule has 1 aromatic heterocycles. The lowest BCUT2D eigenvalue weighted by molar-refractivity contribution is -0.131. The maximum atomic E-state index is 14.0. The van der Waals surface area contributed by atoms with Gasteiger partial charge in [-0.25, -0.2) is 8.78 Å². The minimum Gasteiger partial charge on any atom is -0.496 e. The average Bonchev–Trinajstić information content (AvgIpc) is 3.41. The molecule has 140 valence electrons. The van der Waals surface area contributed by atoms with Crippen LogP contribution in [0.1, 0.15) is 24.0 Å². The normalized spacial score (nSPS) is 13.7. The molecule has 27 heavy (non-hydrogen) atoms. The molecule has 1 fully saturated rings. The zero-order chi connectivity index (χ0) is 19.0. The lowest BCUT2D eigenvalue weighted by Gasteiger charge is -2.23. The largest absolute Gasteiger partial charge is 0.496 e. The van der Waals surface area contributed by atoms with Crippen molar-refractivity contribution in [3.8, 4) is 5.75 Å². The van der Waals surface area contributed by atoms with Crippen molar-refractivity contribution in [2.75, 3.05) is 7.11 Å². The van der Waals surface area contributed by atoms with Gasteiger partial charge in [0.1, 0.15) is 17.4 Å². The van der Waals surface area contributed by atoms with Gasteiger partial charge in [0.25, 0.3) is 0 Å². The molecular formula is C21H20F2N2O2. The van der Waals surface area contributed by atoms with Crippen LogP contribution in [0, 0.1) is 11.6 Å². The van der Waals surface area contributed by atoms with Gasteiger partial charge >= 0.3 is 0 Å². The number of methoxy groups -OCH3 is 1. The lowest BCUT2D eigenvalue weighted by Crippen LogP contribution is -2.34. The summed E-state index contributed by atoms with van der Waals surface area (Å²) in [5, 5.41) is 0.886. The topological polar surface area (TPSA) is 45.3 Å². The maximum absolute atomic E-state index is 14.0. The quantitative estimate of drug-likeness (QED) is 0.707. The first kappa shape index (κ1) is 17.5. The summed E-state index contributed by atoms with van der Waals surface area (Å²) >= 11 is 0. The number of aromatic nitrogens is 1. The first-order valence-corrected chi connectivity index (χ1v) is 8.93. The third kappa shape index (κ3) is 3.52. The zero-order valence-electron chi connectivity index (χ0n) is 15.0. The van der Waals surface area contributed by atoms with Gasteiger partial charge in [-0.15, -0.1) is 0 Å². The van der Waals surface area contributed by atoms with E-state index in [0.717, 1.165) is 35.4 Å². The molecule has 4 nitrogen and oxygen atoms in total. The predicted octanol–water partition coefficient (Wildman–Crippen LogP) is 4.19. The van der Waals surface area contributed by atoms with Crippen molar-refractivity contribution in [2.45, 2.75) is 31.8 Å². The van der Waals surface area contributed by atoms with Crippen LogP contribution in [0.5, 0.6) is 5.75 Å². The SMILES string of the molecule is COc1cccc2[nH]cc(CC(=O)N(Cc3ccc(F)cc3F)C3CC3)c12. The van der Waals surface area contributed by atoms with Crippen molar-refractivity contribution < 1.29 is 18.3 Å². The molecule has 0 radical (unpaired) electrons. The van der Waals surface area contributed by atoms with E-state index in [1.165, 1.54) is 12.1 Å². The average molecular weight is 370 g/mol. The van der Waals surface area contributed by atoms with Crippen LogP contribution < -0.4 is 4.74 Å². The summed E-state index contributed by atoms with van der Waals surface area (Å²) in [5.41, 5.74) is 2.07. The van der Waals surface area contributed by atoms with Gasteiger partial charge in [0, 0.05) is 41.3 Å².